The Hall–Kier alpha value is -0.770. The van der Waals surface area contributed by atoms with Gasteiger partial charge in [0.25, 0.3) is 0 Å². The van der Waals surface area contributed by atoms with E-state index in [0.29, 0.717) is 6.54 Å². The van der Waals surface area contributed by atoms with Gasteiger partial charge < -0.3 is 10.5 Å². The first-order valence-corrected chi connectivity index (χ1v) is 6.77. The SMILES string of the molecule is COc1cccc(Cl)c1C(CN)N(C)CC1CC1. The van der Waals surface area contributed by atoms with Crippen molar-refractivity contribution < 1.29 is 4.74 Å². The molecule has 1 atom stereocenters. The van der Waals surface area contributed by atoms with Crippen molar-refractivity contribution in [2.45, 2.75) is 18.9 Å². The summed E-state index contributed by atoms with van der Waals surface area (Å²) in [7, 11) is 3.78. The highest BCUT2D eigenvalue weighted by molar-refractivity contribution is 6.31. The van der Waals surface area contributed by atoms with Crippen LogP contribution in [0, 0.1) is 5.92 Å². The lowest BCUT2D eigenvalue weighted by Gasteiger charge is -2.29. The third-order valence-electron chi connectivity index (χ3n) is 3.56. The highest BCUT2D eigenvalue weighted by Crippen LogP contribution is 2.37. The van der Waals surface area contributed by atoms with Gasteiger partial charge in [0.2, 0.25) is 0 Å². The van der Waals surface area contributed by atoms with E-state index in [1.54, 1.807) is 7.11 Å². The summed E-state index contributed by atoms with van der Waals surface area (Å²) in [6.45, 7) is 1.62. The summed E-state index contributed by atoms with van der Waals surface area (Å²) >= 11 is 6.32. The van der Waals surface area contributed by atoms with Gasteiger partial charge in [-0.25, -0.2) is 0 Å². The molecule has 1 aliphatic carbocycles. The summed E-state index contributed by atoms with van der Waals surface area (Å²) < 4.78 is 5.41. The fourth-order valence-corrected chi connectivity index (χ4v) is 2.66. The highest BCUT2D eigenvalue weighted by atomic mass is 35.5. The first-order chi connectivity index (χ1) is 8.67. The molecular weight excluding hydrogens is 248 g/mol. The second-order valence-corrected chi connectivity index (χ2v) is 5.40. The Kier molecular flexibility index (Phi) is 4.49. The molecule has 1 saturated carbocycles. The summed E-state index contributed by atoms with van der Waals surface area (Å²) in [6.07, 6.45) is 2.67. The molecule has 1 aromatic rings. The number of rotatable bonds is 6. The Bertz CT molecular complexity index is 407. The van der Waals surface area contributed by atoms with Gasteiger partial charge in [0.15, 0.2) is 0 Å². The van der Waals surface area contributed by atoms with E-state index >= 15 is 0 Å². The third kappa shape index (κ3) is 2.97. The van der Waals surface area contributed by atoms with Crippen LogP contribution in [0.5, 0.6) is 5.75 Å². The minimum absolute atomic E-state index is 0.120. The lowest BCUT2D eigenvalue weighted by atomic mass is 10.0. The molecule has 2 rings (SSSR count). The molecule has 3 nitrogen and oxygen atoms in total. The Balaban J connectivity index is 2.24. The van der Waals surface area contributed by atoms with E-state index < -0.39 is 0 Å². The molecule has 18 heavy (non-hydrogen) atoms. The van der Waals surface area contributed by atoms with Gasteiger partial charge >= 0.3 is 0 Å². The van der Waals surface area contributed by atoms with Crippen LogP contribution in [0.3, 0.4) is 0 Å². The van der Waals surface area contributed by atoms with Gasteiger partial charge in [0.05, 0.1) is 13.2 Å². The summed E-state index contributed by atoms with van der Waals surface area (Å²) in [5.74, 6) is 1.65. The van der Waals surface area contributed by atoms with E-state index in [4.69, 9.17) is 22.1 Å². The van der Waals surface area contributed by atoms with Gasteiger partial charge in [-0.3, -0.25) is 4.90 Å². The van der Waals surface area contributed by atoms with Gasteiger partial charge in [-0.15, -0.1) is 0 Å². The number of hydrogen-bond donors (Lipinski definition) is 1. The van der Waals surface area contributed by atoms with E-state index in [1.807, 2.05) is 18.2 Å². The molecule has 1 aromatic carbocycles. The second kappa shape index (κ2) is 5.91. The van der Waals surface area contributed by atoms with Crippen molar-refractivity contribution in [3.05, 3.63) is 28.8 Å². The fourth-order valence-electron chi connectivity index (χ4n) is 2.37. The zero-order valence-corrected chi connectivity index (χ0v) is 11.8. The minimum Gasteiger partial charge on any atom is -0.496 e. The van der Waals surface area contributed by atoms with Crippen LogP contribution < -0.4 is 10.5 Å². The standard InChI is InChI=1S/C14H21ClN2O/c1-17(9-10-6-7-10)12(8-16)14-11(15)4-3-5-13(14)18-2/h3-5,10,12H,6-9,16H2,1-2H3. The van der Waals surface area contributed by atoms with Crippen LogP contribution in [0.15, 0.2) is 18.2 Å². The van der Waals surface area contributed by atoms with Crippen LogP contribution in [-0.2, 0) is 0 Å². The molecule has 100 valence electrons. The van der Waals surface area contributed by atoms with Gasteiger partial charge in [-0.05, 0) is 37.9 Å². The van der Waals surface area contributed by atoms with Gasteiger partial charge in [0.1, 0.15) is 5.75 Å². The Morgan fingerprint density at radius 2 is 2.22 bits per heavy atom. The van der Waals surface area contributed by atoms with E-state index in [2.05, 4.69) is 11.9 Å². The Morgan fingerprint density at radius 3 is 2.78 bits per heavy atom. The van der Waals surface area contributed by atoms with Gasteiger partial charge in [-0.2, -0.15) is 0 Å². The first kappa shape index (κ1) is 13.7. The van der Waals surface area contributed by atoms with Gasteiger partial charge in [-0.1, -0.05) is 17.7 Å². The maximum atomic E-state index is 6.32. The Morgan fingerprint density at radius 1 is 1.50 bits per heavy atom. The molecular formula is C14H21ClN2O. The largest absolute Gasteiger partial charge is 0.496 e. The minimum atomic E-state index is 0.120. The highest BCUT2D eigenvalue weighted by Gasteiger charge is 2.28. The topological polar surface area (TPSA) is 38.5 Å². The summed E-state index contributed by atoms with van der Waals surface area (Å²) in [4.78, 5) is 2.29. The first-order valence-electron chi connectivity index (χ1n) is 6.40. The predicted molar refractivity (Wildman–Crippen MR) is 75.2 cm³/mol. The number of methoxy groups -OCH3 is 1. The van der Waals surface area contributed by atoms with Crippen LogP contribution >= 0.6 is 11.6 Å². The van der Waals surface area contributed by atoms with Crippen molar-refractivity contribution in [1.29, 1.82) is 0 Å². The molecule has 2 N–H and O–H groups in total. The lowest BCUT2D eigenvalue weighted by molar-refractivity contribution is 0.235. The number of ether oxygens (including phenoxy) is 1. The number of halogens is 1. The van der Waals surface area contributed by atoms with Crippen LogP contribution in [0.25, 0.3) is 0 Å². The van der Waals surface area contributed by atoms with Crippen molar-refractivity contribution in [3.63, 3.8) is 0 Å². The van der Waals surface area contributed by atoms with Crippen LogP contribution in [0.2, 0.25) is 5.02 Å². The van der Waals surface area contributed by atoms with Gasteiger partial charge in [0, 0.05) is 23.7 Å². The molecule has 0 aliphatic heterocycles. The average molecular weight is 269 g/mol. The van der Waals surface area contributed by atoms with Crippen LogP contribution in [-0.4, -0.2) is 32.1 Å². The van der Waals surface area contributed by atoms with E-state index in [0.717, 1.165) is 28.8 Å². The Labute approximate surface area is 114 Å². The number of benzene rings is 1. The smallest absolute Gasteiger partial charge is 0.125 e. The number of likely N-dealkylation sites (N-methyl/N-ethyl adjacent to an activating group) is 1. The molecule has 0 heterocycles. The fraction of sp³-hybridized carbons (Fsp3) is 0.571. The molecule has 0 spiro atoms. The van der Waals surface area contributed by atoms with Crippen molar-refractivity contribution in [2.24, 2.45) is 11.7 Å². The molecule has 1 unspecified atom stereocenters. The molecule has 1 fully saturated rings. The maximum absolute atomic E-state index is 6.32. The summed E-state index contributed by atoms with van der Waals surface area (Å²) in [5.41, 5.74) is 6.95. The van der Waals surface area contributed by atoms with E-state index in [-0.39, 0.29) is 6.04 Å². The number of hydrogen-bond acceptors (Lipinski definition) is 3. The summed E-state index contributed by atoms with van der Waals surface area (Å²) in [5, 5.41) is 0.729. The molecule has 0 saturated heterocycles. The predicted octanol–water partition coefficient (Wildman–Crippen LogP) is 2.69. The van der Waals surface area contributed by atoms with Crippen LogP contribution in [0.1, 0.15) is 24.4 Å². The average Bonchev–Trinajstić information content (AvgIpc) is 3.15. The van der Waals surface area contributed by atoms with Crippen molar-refractivity contribution in [1.82, 2.24) is 4.90 Å². The molecule has 4 heteroatoms. The molecule has 0 amide bonds. The molecule has 0 aromatic heterocycles. The maximum Gasteiger partial charge on any atom is 0.125 e. The molecule has 0 radical (unpaired) electrons. The van der Waals surface area contributed by atoms with Crippen molar-refractivity contribution in [2.75, 3.05) is 27.2 Å². The van der Waals surface area contributed by atoms with Crippen LogP contribution in [0.4, 0.5) is 0 Å². The third-order valence-corrected chi connectivity index (χ3v) is 3.89. The van der Waals surface area contributed by atoms with E-state index in [1.165, 1.54) is 12.8 Å². The molecule has 0 bridgehead atoms. The molecule has 1 aliphatic rings. The van der Waals surface area contributed by atoms with E-state index in [9.17, 15) is 0 Å². The second-order valence-electron chi connectivity index (χ2n) is 4.99. The summed E-state index contributed by atoms with van der Waals surface area (Å²) in [6, 6.07) is 5.86. The number of nitrogens with two attached hydrogens (primary N) is 1. The quantitative estimate of drug-likeness (QED) is 0.862. The van der Waals surface area contributed by atoms with Crippen molar-refractivity contribution in [3.8, 4) is 5.75 Å². The zero-order valence-electron chi connectivity index (χ0n) is 11.0. The lowest BCUT2D eigenvalue weighted by Crippen LogP contribution is -2.32. The zero-order chi connectivity index (χ0) is 13.1. The van der Waals surface area contributed by atoms with Crippen molar-refractivity contribution >= 4 is 11.6 Å². The normalized spacial score (nSPS) is 16.9. The monoisotopic (exact) mass is 268 g/mol. The number of nitrogens with zero attached hydrogens (tertiary/aromatic N) is 1.